The zero-order valence-electron chi connectivity index (χ0n) is 18.8. The summed E-state index contributed by atoms with van der Waals surface area (Å²) in [5, 5.41) is 14.3. The molecule has 4 aromatic rings. The minimum Gasteiger partial charge on any atom is -0.496 e. The van der Waals surface area contributed by atoms with Crippen molar-refractivity contribution in [3.63, 3.8) is 0 Å². The minimum atomic E-state index is -0.327. The number of carbonyl (C=O) groups is 1. The first-order valence-electron chi connectivity index (χ1n) is 10.7. The van der Waals surface area contributed by atoms with Crippen LogP contribution in [0.15, 0.2) is 71.2 Å². The fraction of sp³-hybridized carbons (Fsp3) is 0.240. The van der Waals surface area contributed by atoms with Crippen LogP contribution in [0.25, 0.3) is 17.1 Å². The van der Waals surface area contributed by atoms with E-state index >= 15 is 0 Å². The van der Waals surface area contributed by atoms with Crippen LogP contribution in [0.3, 0.4) is 0 Å². The number of carbonyl (C=O) groups excluding carboxylic acids is 1. The molecule has 0 aliphatic heterocycles. The van der Waals surface area contributed by atoms with Crippen molar-refractivity contribution in [2.24, 2.45) is 0 Å². The molecule has 0 saturated heterocycles. The Bertz CT molecular complexity index is 1200. The number of benzene rings is 2. The third-order valence-electron chi connectivity index (χ3n) is 5.18. The Morgan fingerprint density at radius 2 is 1.91 bits per heavy atom. The van der Waals surface area contributed by atoms with E-state index in [1.54, 1.807) is 18.4 Å². The zero-order chi connectivity index (χ0) is 23.2. The summed E-state index contributed by atoms with van der Waals surface area (Å²) in [5.41, 5.74) is 2.94. The Labute approximate surface area is 202 Å². The molecular formula is C25H26N4O2S2. The third kappa shape index (κ3) is 5.46. The van der Waals surface area contributed by atoms with Gasteiger partial charge in [-0.1, -0.05) is 47.7 Å². The number of nitrogens with zero attached hydrogens (tertiary/aromatic N) is 3. The number of aromatic nitrogens is 3. The molecule has 0 radical (unpaired) electrons. The molecule has 2 aromatic carbocycles. The van der Waals surface area contributed by atoms with Gasteiger partial charge in [0.25, 0.3) is 0 Å². The van der Waals surface area contributed by atoms with Gasteiger partial charge < -0.3 is 10.1 Å². The Hall–Kier alpha value is -3.10. The molecule has 33 heavy (non-hydrogen) atoms. The third-order valence-corrected chi connectivity index (χ3v) is 7.15. The van der Waals surface area contributed by atoms with Crippen LogP contribution in [-0.4, -0.2) is 39.6 Å². The van der Waals surface area contributed by atoms with Crippen molar-refractivity contribution >= 4 is 29.0 Å². The monoisotopic (exact) mass is 478 g/mol. The summed E-state index contributed by atoms with van der Waals surface area (Å²) in [6.45, 7) is 4.55. The summed E-state index contributed by atoms with van der Waals surface area (Å²) in [6, 6.07) is 20.0. The van der Waals surface area contributed by atoms with E-state index in [1.807, 2.05) is 59.3 Å². The molecule has 0 fully saturated rings. The fourth-order valence-electron chi connectivity index (χ4n) is 3.40. The number of hydrogen-bond acceptors (Lipinski definition) is 6. The Morgan fingerprint density at radius 3 is 2.64 bits per heavy atom. The highest BCUT2D eigenvalue weighted by Crippen LogP contribution is 2.34. The number of hydrogen-bond donors (Lipinski definition) is 1. The van der Waals surface area contributed by atoms with Crippen molar-refractivity contribution in [2.45, 2.75) is 30.7 Å². The van der Waals surface area contributed by atoms with Crippen LogP contribution in [0.1, 0.15) is 17.4 Å². The van der Waals surface area contributed by atoms with E-state index < -0.39 is 0 Å². The van der Waals surface area contributed by atoms with E-state index in [9.17, 15) is 4.79 Å². The maximum absolute atomic E-state index is 12.7. The zero-order valence-corrected chi connectivity index (χ0v) is 20.5. The summed E-state index contributed by atoms with van der Waals surface area (Å²) in [5.74, 6) is 1.37. The van der Waals surface area contributed by atoms with Gasteiger partial charge in [0.05, 0.1) is 17.9 Å². The number of methoxy groups -OCH3 is 1. The van der Waals surface area contributed by atoms with Crippen LogP contribution < -0.4 is 10.1 Å². The second-order valence-electron chi connectivity index (χ2n) is 7.56. The minimum absolute atomic E-state index is 0.0196. The topological polar surface area (TPSA) is 69.0 Å². The van der Waals surface area contributed by atoms with Crippen molar-refractivity contribution in [3.05, 3.63) is 76.5 Å². The molecule has 0 bridgehead atoms. The Kier molecular flexibility index (Phi) is 7.47. The van der Waals surface area contributed by atoms with Gasteiger partial charge in [-0.2, -0.15) is 0 Å². The maximum Gasteiger partial charge on any atom is 0.233 e. The number of nitrogens with one attached hydrogen (secondary N) is 1. The summed E-state index contributed by atoms with van der Waals surface area (Å²) in [7, 11) is 1.64. The number of rotatable bonds is 9. The molecule has 0 aliphatic carbocycles. The number of para-hydroxylation sites is 1. The molecule has 2 heterocycles. The first kappa shape index (κ1) is 23.1. The lowest BCUT2D eigenvalue weighted by molar-refractivity contribution is -0.120. The normalized spacial score (nSPS) is 11.8. The SMILES string of the molecule is COc1ccccc1-c1nnc(SC(C)C(=O)NCCc2cccs2)n1-c1ccc(C)cc1. The smallest absolute Gasteiger partial charge is 0.233 e. The van der Waals surface area contributed by atoms with Gasteiger partial charge in [0, 0.05) is 17.1 Å². The van der Waals surface area contributed by atoms with E-state index in [4.69, 9.17) is 4.74 Å². The van der Waals surface area contributed by atoms with Crippen molar-refractivity contribution in [2.75, 3.05) is 13.7 Å². The molecule has 4 rings (SSSR count). The largest absolute Gasteiger partial charge is 0.496 e. The Morgan fingerprint density at radius 1 is 1.12 bits per heavy atom. The van der Waals surface area contributed by atoms with Gasteiger partial charge in [0.2, 0.25) is 5.91 Å². The van der Waals surface area contributed by atoms with Crippen molar-refractivity contribution in [1.29, 1.82) is 0 Å². The molecule has 1 N–H and O–H groups in total. The Balaban J connectivity index is 1.59. The number of ether oxygens (including phenoxy) is 1. The van der Waals surface area contributed by atoms with Crippen LogP contribution in [-0.2, 0) is 11.2 Å². The number of thioether (sulfide) groups is 1. The molecule has 0 saturated carbocycles. The van der Waals surface area contributed by atoms with E-state index in [1.165, 1.54) is 22.2 Å². The predicted octanol–water partition coefficient (Wildman–Crippen LogP) is 5.15. The van der Waals surface area contributed by atoms with E-state index in [0.29, 0.717) is 23.3 Å². The van der Waals surface area contributed by atoms with Crippen molar-refractivity contribution < 1.29 is 9.53 Å². The summed E-state index contributed by atoms with van der Waals surface area (Å²) in [4.78, 5) is 14.0. The molecule has 1 unspecified atom stereocenters. The quantitative estimate of drug-likeness (QED) is 0.337. The molecule has 6 nitrogen and oxygen atoms in total. The highest BCUT2D eigenvalue weighted by molar-refractivity contribution is 8.00. The average molecular weight is 479 g/mol. The summed E-state index contributed by atoms with van der Waals surface area (Å²) < 4.78 is 7.55. The van der Waals surface area contributed by atoms with Gasteiger partial charge >= 0.3 is 0 Å². The van der Waals surface area contributed by atoms with Gasteiger partial charge in [-0.25, -0.2) is 0 Å². The van der Waals surface area contributed by atoms with Gasteiger partial charge in [0.1, 0.15) is 5.75 Å². The summed E-state index contributed by atoms with van der Waals surface area (Å²) in [6.07, 6.45) is 0.832. The number of thiophene rings is 1. The fourth-order valence-corrected chi connectivity index (χ4v) is 5.00. The molecule has 1 amide bonds. The van der Waals surface area contributed by atoms with Gasteiger partial charge in [-0.05, 0) is 56.0 Å². The molecule has 1 atom stereocenters. The summed E-state index contributed by atoms with van der Waals surface area (Å²) >= 11 is 3.09. The highest BCUT2D eigenvalue weighted by atomic mass is 32.2. The first-order chi connectivity index (χ1) is 16.1. The first-order valence-corrected chi connectivity index (χ1v) is 12.5. The van der Waals surface area contributed by atoms with Crippen LogP contribution in [0.4, 0.5) is 0 Å². The highest BCUT2D eigenvalue weighted by Gasteiger charge is 2.23. The second kappa shape index (κ2) is 10.7. The molecule has 170 valence electrons. The lowest BCUT2D eigenvalue weighted by Gasteiger charge is -2.15. The molecular weight excluding hydrogens is 452 g/mol. The van der Waals surface area contributed by atoms with E-state index in [-0.39, 0.29) is 11.2 Å². The van der Waals surface area contributed by atoms with Gasteiger partial charge in [-0.15, -0.1) is 21.5 Å². The lowest BCUT2D eigenvalue weighted by Crippen LogP contribution is -2.32. The van der Waals surface area contributed by atoms with Crippen LogP contribution in [0.2, 0.25) is 0 Å². The molecule has 0 aliphatic rings. The predicted molar refractivity (Wildman–Crippen MR) is 134 cm³/mol. The van der Waals surface area contributed by atoms with E-state index in [0.717, 1.165) is 17.7 Å². The second-order valence-corrected chi connectivity index (χ2v) is 9.90. The lowest BCUT2D eigenvalue weighted by atomic mass is 10.1. The van der Waals surface area contributed by atoms with Crippen molar-refractivity contribution in [3.8, 4) is 22.8 Å². The maximum atomic E-state index is 12.7. The van der Waals surface area contributed by atoms with Gasteiger partial charge in [0.15, 0.2) is 11.0 Å². The number of amides is 1. The number of aryl methyl sites for hydroxylation is 1. The van der Waals surface area contributed by atoms with Crippen LogP contribution in [0.5, 0.6) is 5.75 Å². The van der Waals surface area contributed by atoms with Gasteiger partial charge in [-0.3, -0.25) is 9.36 Å². The van der Waals surface area contributed by atoms with Crippen molar-refractivity contribution in [1.82, 2.24) is 20.1 Å². The molecule has 8 heteroatoms. The van der Waals surface area contributed by atoms with Crippen LogP contribution in [0, 0.1) is 6.92 Å². The average Bonchev–Trinajstić information content (AvgIpc) is 3.49. The van der Waals surface area contributed by atoms with Crippen LogP contribution >= 0.6 is 23.1 Å². The standard InChI is InChI=1S/C25H26N4O2S2/c1-17-10-12-19(13-11-17)29-23(21-8-4-5-9-22(21)31-3)27-28-25(29)33-18(2)24(30)26-15-14-20-7-6-16-32-20/h4-13,16,18H,14-15H2,1-3H3,(H,26,30). The molecule has 2 aromatic heterocycles. The van der Waals surface area contributed by atoms with E-state index in [2.05, 4.69) is 40.6 Å². The molecule has 0 spiro atoms.